The van der Waals surface area contributed by atoms with Gasteiger partial charge in [-0.25, -0.2) is 0 Å². The van der Waals surface area contributed by atoms with Crippen molar-refractivity contribution in [2.45, 2.75) is 32.2 Å². The summed E-state index contributed by atoms with van der Waals surface area (Å²) in [4.78, 5) is 22.7. The van der Waals surface area contributed by atoms with Gasteiger partial charge in [-0.3, -0.25) is 9.59 Å². The number of rotatable bonds is 7. The van der Waals surface area contributed by atoms with E-state index in [1.54, 1.807) is 0 Å². The molecule has 1 rings (SSSR count). The lowest BCUT2D eigenvalue weighted by Gasteiger charge is -2.16. The van der Waals surface area contributed by atoms with E-state index in [1.807, 2.05) is 6.92 Å². The number of hydrogen-bond acceptors (Lipinski definition) is 4. The molecule has 0 spiro atoms. The summed E-state index contributed by atoms with van der Waals surface area (Å²) < 4.78 is 4.89. The van der Waals surface area contributed by atoms with Crippen LogP contribution in [-0.4, -0.2) is 35.2 Å². The summed E-state index contributed by atoms with van der Waals surface area (Å²) in [5.41, 5.74) is 0.259. The van der Waals surface area contributed by atoms with Crippen LogP contribution in [0.4, 0.5) is 0 Å². The van der Waals surface area contributed by atoms with E-state index < -0.39 is 17.9 Å². The van der Waals surface area contributed by atoms with Crippen LogP contribution in [0.1, 0.15) is 36.5 Å². The zero-order chi connectivity index (χ0) is 15.1. The summed E-state index contributed by atoms with van der Waals surface area (Å²) in [5, 5.41) is 21.1. The molecule has 1 aromatic rings. The van der Waals surface area contributed by atoms with Crippen LogP contribution in [0.5, 0.6) is 11.5 Å². The van der Waals surface area contributed by atoms with Crippen molar-refractivity contribution in [1.82, 2.24) is 5.32 Å². The van der Waals surface area contributed by atoms with Crippen LogP contribution in [0.25, 0.3) is 0 Å². The lowest BCUT2D eigenvalue weighted by Crippen LogP contribution is -2.36. The van der Waals surface area contributed by atoms with Gasteiger partial charge < -0.3 is 20.3 Å². The molecule has 0 aliphatic heterocycles. The molecule has 0 aromatic heterocycles. The van der Waals surface area contributed by atoms with Crippen molar-refractivity contribution >= 4 is 11.9 Å². The number of carboxylic acid groups (broad SMARTS) is 1. The topological polar surface area (TPSA) is 95.9 Å². The van der Waals surface area contributed by atoms with Crippen LogP contribution >= 0.6 is 0 Å². The van der Waals surface area contributed by atoms with Gasteiger partial charge in [-0.2, -0.15) is 0 Å². The highest BCUT2D eigenvalue weighted by Gasteiger charge is 2.17. The van der Waals surface area contributed by atoms with Crippen LogP contribution in [0.15, 0.2) is 18.2 Å². The highest BCUT2D eigenvalue weighted by atomic mass is 16.5. The van der Waals surface area contributed by atoms with Crippen molar-refractivity contribution in [3.8, 4) is 11.5 Å². The average molecular weight is 281 g/mol. The molecule has 3 N–H and O–H groups in total. The van der Waals surface area contributed by atoms with E-state index in [0.29, 0.717) is 6.42 Å². The van der Waals surface area contributed by atoms with Gasteiger partial charge in [0.05, 0.1) is 13.5 Å². The number of hydrogen-bond donors (Lipinski definition) is 3. The normalized spacial score (nSPS) is 11.7. The van der Waals surface area contributed by atoms with Crippen molar-refractivity contribution in [3.63, 3.8) is 0 Å². The maximum Gasteiger partial charge on any atom is 0.305 e. The van der Waals surface area contributed by atoms with E-state index in [2.05, 4.69) is 5.32 Å². The maximum atomic E-state index is 12.0. The number of phenolic OH excluding ortho intramolecular Hbond substituents is 1. The van der Waals surface area contributed by atoms with E-state index in [4.69, 9.17) is 9.84 Å². The number of phenols is 1. The Morgan fingerprint density at radius 2 is 2.10 bits per heavy atom. The second-order valence-electron chi connectivity index (χ2n) is 4.44. The Labute approximate surface area is 117 Å². The minimum Gasteiger partial charge on any atom is -0.504 e. The third-order valence-corrected chi connectivity index (χ3v) is 2.83. The van der Waals surface area contributed by atoms with Gasteiger partial charge in [-0.15, -0.1) is 0 Å². The predicted octanol–water partition coefficient (Wildman–Crippen LogP) is 1.77. The molecule has 6 heteroatoms. The van der Waals surface area contributed by atoms with Crippen LogP contribution in [-0.2, 0) is 4.79 Å². The van der Waals surface area contributed by atoms with E-state index >= 15 is 0 Å². The van der Waals surface area contributed by atoms with Crippen molar-refractivity contribution in [3.05, 3.63) is 23.8 Å². The molecule has 1 amide bonds. The number of carbonyl (C=O) groups excluding carboxylic acids is 1. The summed E-state index contributed by atoms with van der Waals surface area (Å²) in [6.07, 6.45) is 1.23. The molecule has 0 heterocycles. The molecule has 0 radical (unpaired) electrons. The number of aromatic hydroxyl groups is 1. The van der Waals surface area contributed by atoms with Crippen molar-refractivity contribution in [2.24, 2.45) is 0 Å². The third-order valence-electron chi connectivity index (χ3n) is 2.83. The molecule has 6 nitrogen and oxygen atoms in total. The number of nitrogens with one attached hydrogen (secondary N) is 1. The minimum atomic E-state index is -0.957. The minimum absolute atomic E-state index is 0.123. The second-order valence-corrected chi connectivity index (χ2v) is 4.44. The molecule has 20 heavy (non-hydrogen) atoms. The third kappa shape index (κ3) is 4.46. The first-order valence-electron chi connectivity index (χ1n) is 6.37. The number of carboxylic acids is 1. The SMILES string of the molecule is CCCC(CC(=O)O)NC(=O)c1ccc(OC)c(O)c1. The summed E-state index contributed by atoms with van der Waals surface area (Å²) >= 11 is 0. The Morgan fingerprint density at radius 3 is 2.60 bits per heavy atom. The molecule has 1 atom stereocenters. The molecule has 0 saturated carbocycles. The zero-order valence-electron chi connectivity index (χ0n) is 11.5. The zero-order valence-corrected chi connectivity index (χ0v) is 11.5. The molecule has 1 unspecified atom stereocenters. The van der Waals surface area contributed by atoms with Gasteiger partial charge in [0.1, 0.15) is 0 Å². The van der Waals surface area contributed by atoms with E-state index in [-0.39, 0.29) is 23.5 Å². The fourth-order valence-electron chi connectivity index (χ4n) is 1.88. The Balaban J connectivity index is 2.77. The Hall–Kier alpha value is -2.24. The number of methoxy groups -OCH3 is 1. The standard InChI is InChI=1S/C14H19NO5/c1-3-4-10(8-13(17)18)15-14(19)9-5-6-12(20-2)11(16)7-9/h5-7,10,16H,3-4,8H2,1-2H3,(H,15,19)(H,17,18). The van der Waals surface area contributed by atoms with Crippen LogP contribution < -0.4 is 10.1 Å². The van der Waals surface area contributed by atoms with Crippen molar-refractivity contribution in [1.29, 1.82) is 0 Å². The number of amides is 1. The number of ether oxygens (including phenoxy) is 1. The first-order valence-corrected chi connectivity index (χ1v) is 6.37. The van der Waals surface area contributed by atoms with Crippen LogP contribution in [0.2, 0.25) is 0 Å². The smallest absolute Gasteiger partial charge is 0.305 e. The molecule has 0 bridgehead atoms. The molecule has 1 aromatic carbocycles. The first-order chi connectivity index (χ1) is 9.47. The fraction of sp³-hybridized carbons (Fsp3) is 0.429. The van der Waals surface area contributed by atoms with Gasteiger partial charge in [-0.1, -0.05) is 13.3 Å². The lowest BCUT2D eigenvalue weighted by molar-refractivity contribution is -0.137. The summed E-state index contributed by atoms with van der Waals surface area (Å²) in [7, 11) is 1.42. The van der Waals surface area contributed by atoms with Crippen molar-refractivity contribution in [2.75, 3.05) is 7.11 Å². The van der Waals surface area contributed by atoms with Gasteiger partial charge in [-0.05, 0) is 24.6 Å². The number of benzene rings is 1. The lowest BCUT2D eigenvalue weighted by atomic mass is 10.1. The molecule has 0 aliphatic carbocycles. The summed E-state index contributed by atoms with van der Waals surface area (Å²) in [5.74, 6) is -1.23. The first kappa shape index (κ1) is 15.8. The van der Waals surface area contributed by atoms with Gasteiger partial charge in [0.15, 0.2) is 11.5 Å². The monoisotopic (exact) mass is 281 g/mol. The molecule has 0 saturated heterocycles. The average Bonchev–Trinajstić information content (AvgIpc) is 2.38. The molecule has 0 aliphatic rings. The van der Waals surface area contributed by atoms with Crippen LogP contribution in [0.3, 0.4) is 0 Å². The van der Waals surface area contributed by atoms with Gasteiger partial charge >= 0.3 is 5.97 Å². The molecule has 0 fully saturated rings. The largest absolute Gasteiger partial charge is 0.504 e. The predicted molar refractivity (Wildman–Crippen MR) is 73.1 cm³/mol. The second kappa shape index (κ2) is 7.37. The Bertz CT molecular complexity index is 486. The van der Waals surface area contributed by atoms with Gasteiger partial charge in [0.2, 0.25) is 0 Å². The highest BCUT2D eigenvalue weighted by molar-refractivity contribution is 5.95. The Morgan fingerprint density at radius 1 is 1.40 bits per heavy atom. The van der Waals surface area contributed by atoms with Gasteiger partial charge in [0.25, 0.3) is 5.91 Å². The number of carbonyl (C=O) groups is 2. The van der Waals surface area contributed by atoms with Gasteiger partial charge in [0, 0.05) is 11.6 Å². The summed E-state index contributed by atoms with van der Waals surface area (Å²) in [6.45, 7) is 1.92. The maximum absolute atomic E-state index is 12.0. The quantitative estimate of drug-likeness (QED) is 0.708. The summed E-state index contributed by atoms with van der Waals surface area (Å²) in [6, 6.07) is 3.86. The Kier molecular flexibility index (Phi) is 5.83. The highest BCUT2D eigenvalue weighted by Crippen LogP contribution is 2.26. The van der Waals surface area contributed by atoms with E-state index in [0.717, 1.165) is 6.42 Å². The van der Waals surface area contributed by atoms with Crippen molar-refractivity contribution < 1.29 is 24.5 Å². The fourth-order valence-corrected chi connectivity index (χ4v) is 1.88. The molecule has 110 valence electrons. The van der Waals surface area contributed by atoms with E-state index in [1.165, 1.54) is 25.3 Å². The molecular formula is C14H19NO5. The van der Waals surface area contributed by atoms with Crippen LogP contribution in [0, 0.1) is 0 Å². The molecular weight excluding hydrogens is 262 g/mol. The van der Waals surface area contributed by atoms with E-state index in [9.17, 15) is 14.7 Å². The number of aliphatic carboxylic acids is 1.